The fourth-order valence-corrected chi connectivity index (χ4v) is 8.96. The van der Waals surface area contributed by atoms with Crippen LogP contribution in [0, 0.1) is 0 Å². The molecule has 0 bridgehead atoms. The molecule has 6 aromatic carbocycles. The molecule has 2 aromatic heterocycles. The summed E-state index contributed by atoms with van der Waals surface area (Å²) < 4.78 is 2.32. The maximum Gasteiger partial charge on any atom is 0.176 e. The van der Waals surface area contributed by atoms with Crippen molar-refractivity contribution in [1.29, 1.82) is 0 Å². The predicted octanol–water partition coefficient (Wildman–Crippen LogP) is 10.9. The standard InChI is InChI=1S/C40H28ClN3/c41-38-39(43-31-19-9-8-18-30(31)42-38)44-32-21-20-24-12-2-3-13-25(24)34(32)35-36-33(26-14-4-5-15-27(26)37(35)44)28-16-6-7-17-29(28)40(36)22-10-1-11-23-40/h2-9,12-21H,1,10-11,22-23H2. The SMILES string of the molecule is Clc1nc2ccccc2nc1-n1c2ccc3ccccc3c2c2c3c(c4ccccc4c21)-c1ccccc1C31CCCCC1. The summed E-state index contributed by atoms with van der Waals surface area (Å²) >= 11 is 7.10. The van der Waals surface area contributed by atoms with Gasteiger partial charge in [0.05, 0.1) is 22.1 Å². The average Bonchev–Trinajstić information content (AvgIpc) is 3.56. The highest BCUT2D eigenvalue weighted by molar-refractivity contribution is 6.33. The summed E-state index contributed by atoms with van der Waals surface area (Å²) in [4.78, 5) is 10.1. The smallest absolute Gasteiger partial charge is 0.176 e. The van der Waals surface area contributed by atoms with Gasteiger partial charge in [-0.3, -0.25) is 4.57 Å². The van der Waals surface area contributed by atoms with Crippen molar-refractivity contribution in [1.82, 2.24) is 14.5 Å². The largest absolute Gasteiger partial charge is 0.291 e. The first-order chi connectivity index (χ1) is 21.7. The topological polar surface area (TPSA) is 30.7 Å². The molecule has 4 heteroatoms. The fourth-order valence-electron chi connectivity index (χ4n) is 8.74. The van der Waals surface area contributed by atoms with Crippen LogP contribution < -0.4 is 0 Å². The van der Waals surface area contributed by atoms with Crippen molar-refractivity contribution in [3.63, 3.8) is 0 Å². The van der Waals surface area contributed by atoms with Crippen LogP contribution in [0.1, 0.15) is 43.2 Å². The lowest BCUT2D eigenvalue weighted by Gasteiger charge is -2.36. The number of benzene rings is 6. The molecule has 0 amide bonds. The number of hydrogen-bond acceptors (Lipinski definition) is 2. The Balaban J connectivity index is 1.51. The molecule has 0 radical (unpaired) electrons. The zero-order chi connectivity index (χ0) is 29.0. The highest BCUT2D eigenvalue weighted by Crippen LogP contribution is 2.61. The predicted molar refractivity (Wildman–Crippen MR) is 183 cm³/mol. The Hall–Kier alpha value is -4.73. The van der Waals surface area contributed by atoms with E-state index in [-0.39, 0.29) is 5.41 Å². The molecule has 210 valence electrons. The van der Waals surface area contributed by atoms with Crippen LogP contribution in [0.25, 0.3) is 71.3 Å². The van der Waals surface area contributed by atoms with Gasteiger partial charge in [0.25, 0.3) is 0 Å². The molecule has 0 saturated heterocycles. The van der Waals surface area contributed by atoms with Crippen LogP contribution in [0.5, 0.6) is 0 Å². The van der Waals surface area contributed by atoms with Gasteiger partial charge in [0.15, 0.2) is 11.0 Å². The van der Waals surface area contributed by atoms with Crippen molar-refractivity contribution in [2.75, 3.05) is 0 Å². The van der Waals surface area contributed by atoms with Crippen molar-refractivity contribution in [3.8, 4) is 16.9 Å². The molecule has 1 fully saturated rings. The highest BCUT2D eigenvalue weighted by Gasteiger charge is 2.46. The highest BCUT2D eigenvalue weighted by atomic mass is 35.5. The number of nitrogens with zero attached hydrogens (tertiary/aromatic N) is 3. The lowest BCUT2D eigenvalue weighted by molar-refractivity contribution is 0.355. The molecule has 0 aliphatic heterocycles. The fraction of sp³-hybridized carbons (Fsp3) is 0.150. The van der Waals surface area contributed by atoms with Gasteiger partial charge < -0.3 is 0 Å². The normalized spacial score (nSPS) is 15.6. The van der Waals surface area contributed by atoms with E-state index < -0.39 is 0 Å². The lowest BCUT2D eigenvalue weighted by Crippen LogP contribution is -2.28. The van der Waals surface area contributed by atoms with Crippen LogP contribution >= 0.6 is 11.6 Å². The molecule has 1 saturated carbocycles. The second-order valence-electron chi connectivity index (χ2n) is 12.6. The molecule has 8 aromatic rings. The number of aromatic nitrogens is 3. The van der Waals surface area contributed by atoms with Gasteiger partial charge in [0.2, 0.25) is 0 Å². The Bertz CT molecular complexity index is 2500. The third kappa shape index (κ3) is 3.08. The average molecular weight is 586 g/mol. The first-order valence-electron chi connectivity index (χ1n) is 15.7. The van der Waals surface area contributed by atoms with E-state index in [4.69, 9.17) is 21.6 Å². The van der Waals surface area contributed by atoms with Gasteiger partial charge >= 0.3 is 0 Å². The second kappa shape index (κ2) is 8.90. The molecule has 0 N–H and O–H groups in total. The summed E-state index contributed by atoms with van der Waals surface area (Å²) in [6, 6.07) is 39.5. The summed E-state index contributed by atoms with van der Waals surface area (Å²) in [7, 11) is 0. The minimum Gasteiger partial charge on any atom is -0.291 e. The summed E-state index contributed by atoms with van der Waals surface area (Å²) in [6.45, 7) is 0. The first-order valence-corrected chi connectivity index (χ1v) is 16.1. The van der Waals surface area contributed by atoms with Crippen molar-refractivity contribution < 1.29 is 0 Å². The molecule has 1 spiro atoms. The summed E-state index contributed by atoms with van der Waals surface area (Å²) in [6.07, 6.45) is 6.10. The van der Waals surface area contributed by atoms with E-state index in [0.717, 1.165) is 16.6 Å². The quantitative estimate of drug-likeness (QED) is 0.192. The van der Waals surface area contributed by atoms with Gasteiger partial charge in [-0.15, -0.1) is 0 Å². The Morgan fingerprint density at radius 2 is 1.30 bits per heavy atom. The third-order valence-corrected chi connectivity index (χ3v) is 10.7. The molecular weight excluding hydrogens is 558 g/mol. The Morgan fingerprint density at radius 1 is 0.614 bits per heavy atom. The maximum absolute atomic E-state index is 7.10. The zero-order valence-corrected chi connectivity index (χ0v) is 24.9. The van der Waals surface area contributed by atoms with Crippen LogP contribution in [-0.4, -0.2) is 14.5 Å². The number of fused-ring (bicyclic) bond motifs is 15. The number of hydrogen-bond donors (Lipinski definition) is 0. The van der Waals surface area contributed by atoms with E-state index in [9.17, 15) is 0 Å². The molecule has 3 nitrogen and oxygen atoms in total. The maximum atomic E-state index is 7.10. The van der Waals surface area contributed by atoms with Crippen LogP contribution in [0.15, 0.2) is 109 Å². The number of para-hydroxylation sites is 2. The number of halogens is 1. The van der Waals surface area contributed by atoms with Gasteiger partial charge in [-0.2, -0.15) is 0 Å². The van der Waals surface area contributed by atoms with Crippen LogP contribution in [0.3, 0.4) is 0 Å². The van der Waals surface area contributed by atoms with Gasteiger partial charge in [-0.25, -0.2) is 9.97 Å². The van der Waals surface area contributed by atoms with E-state index in [1.54, 1.807) is 0 Å². The first kappa shape index (κ1) is 24.7. The van der Waals surface area contributed by atoms with Gasteiger partial charge in [-0.05, 0) is 69.5 Å². The summed E-state index contributed by atoms with van der Waals surface area (Å²) in [5, 5.41) is 8.05. The lowest BCUT2D eigenvalue weighted by atomic mass is 9.66. The van der Waals surface area contributed by atoms with E-state index in [2.05, 4.69) is 89.5 Å². The van der Waals surface area contributed by atoms with Gasteiger partial charge in [0.1, 0.15) is 0 Å². The molecule has 44 heavy (non-hydrogen) atoms. The second-order valence-corrected chi connectivity index (χ2v) is 12.9. The van der Waals surface area contributed by atoms with Crippen molar-refractivity contribution in [2.45, 2.75) is 37.5 Å². The van der Waals surface area contributed by atoms with Gasteiger partial charge in [-0.1, -0.05) is 122 Å². The van der Waals surface area contributed by atoms with Crippen LogP contribution in [0.2, 0.25) is 5.15 Å². The number of rotatable bonds is 1. The summed E-state index contributed by atoms with van der Waals surface area (Å²) in [5.41, 5.74) is 9.70. The minimum absolute atomic E-state index is 0.0264. The zero-order valence-electron chi connectivity index (χ0n) is 24.1. The summed E-state index contributed by atoms with van der Waals surface area (Å²) in [5.74, 6) is 0.680. The molecule has 2 heterocycles. The third-order valence-electron chi connectivity index (χ3n) is 10.4. The molecule has 10 rings (SSSR count). The van der Waals surface area contributed by atoms with Crippen LogP contribution in [0.4, 0.5) is 0 Å². The molecule has 2 aliphatic rings. The Morgan fingerprint density at radius 3 is 2.14 bits per heavy atom. The van der Waals surface area contributed by atoms with Crippen molar-refractivity contribution in [3.05, 3.63) is 125 Å². The molecular formula is C40H28ClN3. The van der Waals surface area contributed by atoms with Crippen molar-refractivity contribution in [2.24, 2.45) is 0 Å². The Kier molecular flexibility index (Phi) is 4.99. The van der Waals surface area contributed by atoms with E-state index in [1.165, 1.54) is 92.2 Å². The van der Waals surface area contributed by atoms with Crippen LogP contribution in [-0.2, 0) is 5.41 Å². The molecule has 2 aliphatic carbocycles. The molecule has 0 unspecified atom stereocenters. The monoisotopic (exact) mass is 585 g/mol. The molecule has 0 atom stereocenters. The van der Waals surface area contributed by atoms with Crippen molar-refractivity contribution >= 4 is 66.0 Å². The van der Waals surface area contributed by atoms with Gasteiger partial charge in [0, 0.05) is 21.6 Å². The van der Waals surface area contributed by atoms with E-state index >= 15 is 0 Å². The Labute approximate surface area is 259 Å². The van der Waals surface area contributed by atoms with E-state index in [1.807, 2.05) is 24.3 Å². The van der Waals surface area contributed by atoms with E-state index in [0.29, 0.717) is 11.0 Å². The minimum atomic E-state index is -0.0264.